The fourth-order valence-corrected chi connectivity index (χ4v) is 1.09. The van der Waals surface area contributed by atoms with Gasteiger partial charge in [0.2, 0.25) is 0 Å². The quantitative estimate of drug-likeness (QED) is 0.434. The zero-order valence-corrected chi connectivity index (χ0v) is 6.22. The average molecular weight is 145 g/mol. The second kappa shape index (κ2) is 2.26. The van der Waals surface area contributed by atoms with Crippen LogP contribution in [-0.4, -0.2) is 9.70 Å². The number of aromatic nitrogens is 3. The Morgan fingerprint density at radius 3 is 2.56 bits per heavy atom. The zero-order chi connectivity index (χ0) is 6.85. The Bertz CT molecular complexity index is 194. The van der Waals surface area contributed by atoms with Crippen molar-refractivity contribution in [2.75, 3.05) is 5.84 Å². The summed E-state index contributed by atoms with van der Waals surface area (Å²) in [6.07, 6.45) is 0. The molecule has 0 aliphatic heterocycles. The molecule has 1 heterocycles. The molecule has 0 saturated heterocycles. The van der Waals surface area contributed by atoms with Gasteiger partial charge in [-0.1, -0.05) is 13.8 Å². The maximum absolute atomic E-state index is 5.39. The number of nitrogens with zero attached hydrogens (tertiary/aromatic N) is 3. The summed E-state index contributed by atoms with van der Waals surface area (Å²) in [6, 6.07) is 0. The van der Waals surface area contributed by atoms with E-state index in [0.29, 0.717) is 5.92 Å². The van der Waals surface area contributed by atoms with Gasteiger partial charge in [-0.25, -0.2) is 5.84 Å². The molecule has 0 aliphatic carbocycles. The summed E-state index contributed by atoms with van der Waals surface area (Å²) in [4.78, 5) is 1.31. The van der Waals surface area contributed by atoms with E-state index in [4.69, 9.17) is 5.84 Å². The lowest BCUT2D eigenvalue weighted by atomic mass is 10.2. The largest absolute Gasteiger partial charge is 0.255 e. The number of hydrogen-bond acceptors (Lipinski definition) is 4. The van der Waals surface area contributed by atoms with Gasteiger partial charge < -0.3 is 0 Å². The van der Waals surface area contributed by atoms with E-state index in [-0.39, 0.29) is 0 Å². The number of nitrogen functional groups attached to an aromatic ring is 1. The first kappa shape index (κ1) is 6.41. The molecule has 1 aromatic heterocycles. The zero-order valence-electron chi connectivity index (χ0n) is 5.40. The molecule has 1 rings (SSSR count). The summed E-state index contributed by atoms with van der Waals surface area (Å²) in [5, 5.41) is 4.60. The van der Waals surface area contributed by atoms with Crippen LogP contribution in [0.1, 0.15) is 24.8 Å². The van der Waals surface area contributed by atoms with Gasteiger partial charge in [0.25, 0.3) is 5.01 Å². The molecule has 9 heavy (non-hydrogen) atoms. The summed E-state index contributed by atoms with van der Waals surface area (Å²) in [5.74, 6) is 5.81. The second-order valence-corrected chi connectivity index (χ2v) is 2.86. The summed E-state index contributed by atoms with van der Waals surface area (Å²) in [7, 11) is 0. The Labute approximate surface area is 57.4 Å². The van der Waals surface area contributed by atoms with Crippen molar-refractivity contribution in [1.29, 1.82) is 0 Å². The van der Waals surface area contributed by atoms with Crippen molar-refractivity contribution in [1.82, 2.24) is 9.70 Å². The van der Waals surface area contributed by atoms with E-state index in [1.807, 2.05) is 0 Å². The van der Waals surface area contributed by atoms with Gasteiger partial charge in [-0.15, -0.1) is 0 Å². The third kappa shape index (κ3) is 1.16. The highest BCUT2D eigenvalue weighted by molar-refractivity contribution is 7.04. The van der Waals surface area contributed by atoms with E-state index in [0.717, 1.165) is 5.01 Å². The summed E-state index contributed by atoms with van der Waals surface area (Å²) >= 11 is 1.33. The molecule has 0 radical (unpaired) electrons. The normalized spacial score (nSPS) is 10.6. The van der Waals surface area contributed by atoms with Crippen molar-refractivity contribution in [3.8, 4) is 0 Å². The van der Waals surface area contributed by atoms with E-state index < -0.39 is 0 Å². The number of nitrogens with two attached hydrogens (primary N) is 1. The minimum atomic E-state index is 0.412. The molecular weight excluding hydrogens is 136 g/mol. The molecule has 0 unspecified atom stereocenters. The van der Waals surface area contributed by atoms with Crippen LogP contribution >= 0.6 is 11.5 Å². The standard InChI is InChI=1S/C4H9N4S/c1-3(2)4-8(5)6-7-9-4/h3H,5H2,1-2H3/q+1. The number of hydrogen-bond donors (Lipinski definition) is 1. The van der Waals surface area contributed by atoms with Gasteiger partial charge in [0.05, 0.1) is 0 Å². The van der Waals surface area contributed by atoms with Crippen molar-refractivity contribution in [2.45, 2.75) is 19.8 Å². The van der Waals surface area contributed by atoms with Gasteiger partial charge in [0.15, 0.2) is 16.7 Å². The minimum absolute atomic E-state index is 0.412. The van der Waals surface area contributed by atoms with Crippen LogP contribution in [0.2, 0.25) is 0 Å². The van der Waals surface area contributed by atoms with Crippen LogP contribution in [0, 0.1) is 0 Å². The first-order chi connectivity index (χ1) is 4.22. The number of rotatable bonds is 1. The fraction of sp³-hybridized carbons (Fsp3) is 0.750. The first-order valence-electron chi connectivity index (χ1n) is 2.71. The average Bonchev–Trinajstić information content (AvgIpc) is 2.13. The van der Waals surface area contributed by atoms with Gasteiger partial charge in [-0.3, -0.25) is 0 Å². The first-order valence-corrected chi connectivity index (χ1v) is 3.49. The van der Waals surface area contributed by atoms with E-state index in [1.165, 1.54) is 16.3 Å². The van der Waals surface area contributed by atoms with Gasteiger partial charge in [-0.2, -0.15) is 0 Å². The summed E-state index contributed by atoms with van der Waals surface area (Å²) < 4.78 is 3.67. The van der Waals surface area contributed by atoms with Crippen LogP contribution in [0.25, 0.3) is 0 Å². The van der Waals surface area contributed by atoms with Crippen molar-refractivity contribution in [3.63, 3.8) is 0 Å². The van der Waals surface area contributed by atoms with Crippen molar-refractivity contribution < 1.29 is 4.79 Å². The topological polar surface area (TPSA) is 55.7 Å². The maximum atomic E-state index is 5.39. The van der Waals surface area contributed by atoms with Crippen molar-refractivity contribution >= 4 is 11.5 Å². The Balaban J connectivity index is 2.94. The molecule has 50 valence electrons. The molecule has 0 atom stereocenters. The molecular formula is C4H9N4S+. The van der Waals surface area contributed by atoms with Crippen LogP contribution in [0.5, 0.6) is 0 Å². The lowest BCUT2D eigenvalue weighted by molar-refractivity contribution is -0.706. The maximum Gasteiger partial charge on any atom is 0.255 e. The highest BCUT2D eigenvalue weighted by Gasteiger charge is 2.14. The molecule has 0 spiro atoms. The predicted octanol–water partition coefficient (Wildman–Crippen LogP) is -0.337. The Morgan fingerprint density at radius 1 is 1.67 bits per heavy atom. The second-order valence-electron chi connectivity index (χ2n) is 2.10. The van der Waals surface area contributed by atoms with Crippen molar-refractivity contribution in [3.05, 3.63) is 5.01 Å². The van der Waals surface area contributed by atoms with Gasteiger partial charge in [0, 0.05) is 5.92 Å². The van der Waals surface area contributed by atoms with Crippen LogP contribution in [0.15, 0.2) is 0 Å². The summed E-state index contributed by atoms with van der Waals surface area (Å²) in [5.41, 5.74) is 0. The molecule has 0 saturated carbocycles. The Hall–Kier alpha value is -0.710. The van der Waals surface area contributed by atoms with Gasteiger partial charge in [-0.05, 0) is 4.79 Å². The van der Waals surface area contributed by atoms with E-state index >= 15 is 0 Å². The highest BCUT2D eigenvalue weighted by atomic mass is 32.1. The minimum Gasteiger partial charge on any atom is -0.248 e. The fourth-order valence-electron chi connectivity index (χ4n) is 0.555. The third-order valence-corrected chi connectivity index (χ3v) is 1.99. The summed E-state index contributed by atoms with van der Waals surface area (Å²) in [6.45, 7) is 4.11. The lowest BCUT2D eigenvalue weighted by Crippen LogP contribution is -2.49. The highest BCUT2D eigenvalue weighted by Crippen LogP contribution is 2.09. The van der Waals surface area contributed by atoms with Crippen LogP contribution in [0.4, 0.5) is 0 Å². The van der Waals surface area contributed by atoms with Crippen LogP contribution < -0.4 is 10.6 Å². The molecule has 1 aromatic rings. The molecule has 0 fully saturated rings. The predicted molar refractivity (Wildman–Crippen MR) is 34.3 cm³/mol. The molecule has 0 amide bonds. The molecule has 2 N–H and O–H groups in total. The Kier molecular flexibility index (Phi) is 1.61. The molecule has 0 bridgehead atoms. The molecule has 4 nitrogen and oxygen atoms in total. The van der Waals surface area contributed by atoms with Crippen LogP contribution in [-0.2, 0) is 0 Å². The molecule has 5 heteroatoms. The third-order valence-electron chi connectivity index (χ3n) is 0.987. The Morgan fingerprint density at radius 2 is 2.33 bits per heavy atom. The van der Waals surface area contributed by atoms with E-state index in [9.17, 15) is 0 Å². The molecule has 0 aromatic carbocycles. The lowest BCUT2D eigenvalue weighted by Gasteiger charge is -1.91. The van der Waals surface area contributed by atoms with E-state index in [2.05, 4.69) is 23.5 Å². The van der Waals surface area contributed by atoms with E-state index in [1.54, 1.807) is 0 Å². The van der Waals surface area contributed by atoms with Gasteiger partial charge in [0.1, 0.15) is 4.49 Å². The van der Waals surface area contributed by atoms with Gasteiger partial charge >= 0.3 is 0 Å². The van der Waals surface area contributed by atoms with Crippen LogP contribution in [0.3, 0.4) is 0 Å². The SMILES string of the molecule is CC(C)c1snn[n+]1N. The monoisotopic (exact) mass is 145 g/mol. The van der Waals surface area contributed by atoms with Crippen molar-refractivity contribution in [2.24, 2.45) is 0 Å². The smallest absolute Gasteiger partial charge is 0.248 e. The molecule has 0 aliphatic rings.